The first kappa shape index (κ1) is 16.5. The van der Waals surface area contributed by atoms with Crippen LogP contribution < -0.4 is 0 Å². The maximum Gasteiger partial charge on any atom is 0.244 e. The summed E-state index contributed by atoms with van der Waals surface area (Å²) in [5.74, 6) is 0.117. The monoisotopic (exact) mass is 396 g/mol. The molecule has 0 atom stereocenters. The average Bonchev–Trinajstić information content (AvgIpc) is 2.95. The van der Waals surface area contributed by atoms with Gasteiger partial charge in [0.15, 0.2) is 0 Å². The first-order valence-corrected chi connectivity index (χ1v) is 8.70. The Morgan fingerprint density at radius 3 is 2.48 bits per heavy atom. The molecule has 122 valence electrons. The lowest BCUT2D eigenvalue weighted by atomic mass is 10.2. The lowest BCUT2D eigenvalue weighted by Gasteiger charge is -2.34. The number of carbonyl (C=O) groups excluding carboxylic acids is 1. The van der Waals surface area contributed by atoms with E-state index in [1.807, 2.05) is 23.2 Å². The van der Waals surface area contributed by atoms with Crippen molar-refractivity contribution in [3.05, 3.63) is 51.7 Å². The number of rotatable bonds is 4. The second kappa shape index (κ2) is 7.47. The highest BCUT2D eigenvalue weighted by atomic mass is 79.9. The van der Waals surface area contributed by atoms with Crippen molar-refractivity contribution in [1.29, 1.82) is 0 Å². The van der Waals surface area contributed by atoms with Crippen LogP contribution in [-0.2, 0) is 17.9 Å². The normalized spacial score (nSPS) is 15.8. The topological polar surface area (TPSA) is 41.4 Å². The van der Waals surface area contributed by atoms with Gasteiger partial charge in [-0.15, -0.1) is 0 Å². The Kier molecular flexibility index (Phi) is 5.35. The molecular weight excluding hydrogens is 380 g/mol. The number of halogens is 2. The second-order valence-electron chi connectivity index (χ2n) is 5.64. The van der Waals surface area contributed by atoms with Gasteiger partial charge in [0, 0.05) is 43.9 Å². The summed E-state index contributed by atoms with van der Waals surface area (Å²) in [6.45, 7) is 4.48. The Balaban J connectivity index is 1.48. The van der Waals surface area contributed by atoms with Crippen LogP contribution in [-0.4, -0.2) is 51.7 Å². The molecular formula is C16H18BrClN4O. The molecule has 1 saturated heterocycles. The number of hydrogen-bond acceptors (Lipinski definition) is 3. The van der Waals surface area contributed by atoms with Crippen molar-refractivity contribution in [1.82, 2.24) is 19.6 Å². The summed E-state index contributed by atoms with van der Waals surface area (Å²) in [6.07, 6.45) is 3.51. The van der Waals surface area contributed by atoms with Gasteiger partial charge in [0.25, 0.3) is 0 Å². The molecule has 1 amide bonds. The maximum atomic E-state index is 12.3. The molecule has 3 rings (SSSR count). The summed E-state index contributed by atoms with van der Waals surface area (Å²) in [7, 11) is 0. The third-order valence-electron chi connectivity index (χ3n) is 3.94. The van der Waals surface area contributed by atoms with Crippen LogP contribution in [0.1, 0.15) is 5.56 Å². The molecule has 2 heterocycles. The summed E-state index contributed by atoms with van der Waals surface area (Å²) in [5.41, 5.74) is 1.25. The molecule has 1 aliphatic rings. The second-order valence-corrected chi connectivity index (χ2v) is 6.99. The predicted molar refractivity (Wildman–Crippen MR) is 93.2 cm³/mol. The Morgan fingerprint density at radius 1 is 1.17 bits per heavy atom. The zero-order valence-corrected chi connectivity index (χ0v) is 15.0. The van der Waals surface area contributed by atoms with E-state index in [-0.39, 0.29) is 5.91 Å². The summed E-state index contributed by atoms with van der Waals surface area (Å²) in [4.78, 5) is 16.6. The molecule has 2 aromatic rings. The van der Waals surface area contributed by atoms with Crippen molar-refractivity contribution in [3.63, 3.8) is 0 Å². The van der Waals surface area contributed by atoms with Crippen LogP contribution in [0, 0.1) is 0 Å². The molecule has 0 N–H and O–H groups in total. The molecule has 0 spiro atoms. The van der Waals surface area contributed by atoms with Gasteiger partial charge in [-0.2, -0.15) is 5.10 Å². The number of benzene rings is 1. The van der Waals surface area contributed by atoms with Crippen LogP contribution >= 0.6 is 27.5 Å². The van der Waals surface area contributed by atoms with Crippen LogP contribution in [0.3, 0.4) is 0 Å². The van der Waals surface area contributed by atoms with Crippen molar-refractivity contribution in [2.24, 2.45) is 0 Å². The standard InChI is InChI=1S/C16H18BrClN4O/c17-14-9-19-22(11-14)12-16(23)21-7-5-20(6-8-21)10-13-1-3-15(18)4-2-13/h1-4,9,11H,5-8,10,12H2. The van der Waals surface area contributed by atoms with E-state index < -0.39 is 0 Å². The third kappa shape index (κ3) is 4.56. The fourth-order valence-electron chi connectivity index (χ4n) is 2.67. The molecule has 0 radical (unpaired) electrons. The highest BCUT2D eigenvalue weighted by Gasteiger charge is 2.21. The molecule has 0 saturated carbocycles. The lowest BCUT2D eigenvalue weighted by Crippen LogP contribution is -2.49. The number of aromatic nitrogens is 2. The van der Waals surface area contributed by atoms with Crippen LogP contribution in [0.5, 0.6) is 0 Å². The Bertz CT molecular complexity index is 665. The van der Waals surface area contributed by atoms with Gasteiger partial charge < -0.3 is 4.90 Å². The summed E-state index contributed by atoms with van der Waals surface area (Å²) < 4.78 is 2.55. The van der Waals surface area contributed by atoms with Gasteiger partial charge in [0.2, 0.25) is 5.91 Å². The largest absolute Gasteiger partial charge is 0.339 e. The third-order valence-corrected chi connectivity index (χ3v) is 4.60. The van der Waals surface area contributed by atoms with Crippen LogP contribution in [0.4, 0.5) is 0 Å². The van der Waals surface area contributed by atoms with E-state index in [1.54, 1.807) is 10.9 Å². The van der Waals surface area contributed by atoms with Gasteiger partial charge in [-0.3, -0.25) is 14.4 Å². The number of carbonyl (C=O) groups is 1. The summed E-state index contributed by atoms with van der Waals surface area (Å²) >= 11 is 9.25. The smallest absolute Gasteiger partial charge is 0.244 e. The van der Waals surface area contributed by atoms with E-state index in [1.165, 1.54) is 5.56 Å². The van der Waals surface area contributed by atoms with E-state index in [4.69, 9.17) is 11.6 Å². The molecule has 5 nitrogen and oxygen atoms in total. The Morgan fingerprint density at radius 2 is 1.87 bits per heavy atom. The van der Waals surface area contributed by atoms with Crippen molar-refractivity contribution < 1.29 is 4.79 Å². The van der Waals surface area contributed by atoms with Crippen LogP contribution in [0.15, 0.2) is 41.1 Å². The zero-order chi connectivity index (χ0) is 16.2. The molecule has 0 unspecified atom stereocenters. The number of amides is 1. The predicted octanol–water partition coefficient (Wildman–Crippen LogP) is 2.64. The highest BCUT2D eigenvalue weighted by molar-refractivity contribution is 9.10. The fourth-order valence-corrected chi connectivity index (χ4v) is 3.12. The fraction of sp³-hybridized carbons (Fsp3) is 0.375. The Hall–Kier alpha value is -1.37. The van der Waals surface area contributed by atoms with E-state index in [0.29, 0.717) is 6.54 Å². The maximum absolute atomic E-state index is 12.3. The van der Waals surface area contributed by atoms with Gasteiger partial charge in [-0.1, -0.05) is 23.7 Å². The first-order chi connectivity index (χ1) is 11.1. The number of nitrogens with zero attached hydrogens (tertiary/aromatic N) is 4. The van der Waals surface area contributed by atoms with E-state index in [9.17, 15) is 4.79 Å². The average molecular weight is 398 g/mol. The minimum atomic E-state index is 0.117. The minimum absolute atomic E-state index is 0.117. The van der Waals surface area contributed by atoms with Crippen molar-refractivity contribution >= 4 is 33.4 Å². The van der Waals surface area contributed by atoms with Gasteiger partial charge >= 0.3 is 0 Å². The first-order valence-electron chi connectivity index (χ1n) is 7.53. The van der Waals surface area contributed by atoms with Gasteiger partial charge in [-0.25, -0.2) is 0 Å². The van der Waals surface area contributed by atoms with E-state index >= 15 is 0 Å². The van der Waals surface area contributed by atoms with Gasteiger partial charge in [0.1, 0.15) is 6.54 Å². The van der Waals surface area contributed by atoms with E-state index in [0.717, 1.165) is 42.2 Å². The van der Waals surface area contributed by atoms with E-state index in [2.05, 4.69) is 38.1 Å². The van der Waals surface area contributed by atoms with Crippen LogP contribution in [0.25, 0.3) is 0 Å². The van der Waals surface area contributed by atoms with Gasteiger partial charge in [-0.05, 0) is 33.6 Å². The Labute approximate surface area is 148 Å². The molecule has 1 aromatic heterocycles. The summed E-state index contributed by atoms with van der Waals surface area (Å²) in [6, 6.07) is 7.93. The van der Waals surface area contributed by atoms with Crippen LogP contribution in [0.2, 0.25) is 5.02 Å². The van der Waals surface area contributed by atoms with Crippen molar-refractivity contribution in [2.45, 2.75) is 13.1 Å². The molecule has 0 aliphatic carbocycles. The molecule has 1 aromatic carbocycles. The highest BCUT2D eigenvalue weighted by Crippen LogP contribution is 2.13. The van der Waals surface area contributed by atoms with Gasteiger partial charge in [0.05, 0.1) is 10.7 Å². The number of hydrogen-bond donors (Lipinski definition) is 0. The SMILES string of the molecule is O=C(Cn1cc(Br)cn1)N1CCN(Cc2ccc(Cl)cc2)CC1. The molecule has 23 heavy (non-hydrogen) atoms. The zero-order valence-electron chi connectivity index (χ0n) is 12.7. The number of piperazine rings is 1. The summed E-state index contributed by atoms with van der Waals surface area (Å²) in [5, 5.41) is 4.89. The quantitative estimate of drug-likeness (QED) is 0.796. The minimum Gasteiger partial charge on any atom is -0.339 e. The van der Waals surface area contributed by atoms with Crippen molar-refractivity contribution in [2.75, 3.05) is 26.2 Å². The lowest BCUT2D eigenvalue weighted by molar-refractivity contribution is -0.133. The molecule has 1 fully saturated rings. The molecule has 7 heteroatoms. The van der Waals surface area contributed by atoms with Crippen molar-refractivity contribution in [3.8, 4) is 0 Å². The molecule has 0 bridgehead atoms. The molecule has 1 aliphatic heterocycles.